The van der Waals surface area contributed by atoms with E-state index in [0.717, 1.165) is 45.5 Å². The van der Waals surface area contributed by atoms with E-state index in [1.807, 2.05) is 11.3 Å². The van der Waals surface area contributed by atoms with Crippen molar-refractivity contribution < 1.29 is 0 Å². The number of para-hydroxylation sites is 6. The lowest BCUT2D eigenvalue weighted by Gasteiger charge is -2.28. The second kappa shape index (κ2) is 32.4. The number of rotatable bonds is 10. The number of fused-ring (bicyclic) bond motifs is 22. The molecule has 0 N–H and O–H groups in total. The zero-order valence-corrected chi connectivity index (χ0v) is 84.7. The minimum Gasteiger partial charge on any atom is -0.310 e. The molecule has 0 aliphatic heterocycles. The monoisotopic (exact) mass is 1930 g/mol. The van der Waals surface area contributed by atoms with Crippen LogP contribution in [-0.2, 0) is 16.2 Å². The molecule has 0 atom stereocenters. The summed E-state index contributed by atoms with van der Waals surface area (Å²) in [5.41, 5.74) is 35.5. The third kappa shape index (κ3) is 12.5. The summed E-state index contributed by atoms with van der Waals surface area (Å²) >= 11 is 1.89. The van der Waals surface area contributed by atoms with Crippen LogP contribution in [0.25, 0.3) is 239 Å². The Morgan fingerprint density at radius 3 is 1.09 bits per heavy atom. The van der Waals surface area contributed by atoms with Crippen LogP contribution in [0.3, 0.4) is 0 Å². The molecule has 0 radical (unpaired) electrons. The largest absolute Gasteiger partial charge is 0.310 e. The zero-order chi connectivity index (χ0) is 99.4. The van der Waals surface area contributed by atoms with E-state index in [9.17, 15) is 0 Å². The Bertz CT molecular complexity index is 10900. The van der Waals surface area contributed by atoms with Gasteiger partial charge in [-0.25, -0.2) is 0 Å². The number of thiophene rings is 1. The summed E-state index contributed by atoms with van der Waals surface area (Å²) in [5, 5.41) is 34.2. The summed E-state index contributed by atoms with van der Waals surface area (Å²) in [5.74, 6) is 0. The summed E-state index contributed by atoms with van der Waals surface area (Å²) in [6, 6.07) is 181. The summed E-state index contributed by atoms with van der Waals surface area (Å²) < 4.78 is 7.49. The fraction of sp³-hybridized carbons (Fsp3) is 0.0621. The van der Waals surface area contributed by atoms with Gasteiger partial charge in [-0.2, -0.15) is 0 Å². The van der Waals surface area contributed by atoms with Gasteiger partial charge in [-0.1, -0.05) is 381 Å². The molecule has 3 aliphatic rings. The number of aromatic nitrogens is 2. The maximum Gasteiger partial charge on any atom is 0.0542 e. The molecule has 27 aromatic carbocycles. The average molecular weight is 1930 g/mol. The highest BCUT2D eigenvalue weighted by molar-refractivity contribution is 7.25. The van der Waals surface area contributed by atoms with Crippen LogP contribution in [0.2, 0.25) is 0 Å². The van der Waals surface area contributed by atoms with Gasteiger partial charge in [-0.15, -0.1) is 11.3 Å². The van der Waals surface area contributed by atoms with Crippen molar-refractivity contribution in [1.82, 2.24) is 9.13 Å². The van der Waals surface area contributed by atoms with Gasteiger partial charge in [0.1, 0.15) is 0 Å². The highest BCUT2D eigenvalue weighted by Crippen LogP contribution is 2.61. The van der Waals surface area contributed by atoms with E-state index in [-0.39, 0.29) is 16.2 Å². The molecular weight excluding hydrogens is 1830 g/mol. The lowest BCUT2D eigenvalue weighted by molar-refractivity contribution is 0.661. The summed E-state index contributed by atoms with van der Waals surface area (Å²) in [6.07, 6.45) is 0. The van der Waals surface area contributed by atoms with Gasteiger partial charge >= 0.3 is 0 Å². The fourth-order valence-corrected chi connectivity index (χ4v) is 28.4. The summed E-state index contributed by atoms with van der Waals surface area (Å²) in [7, 11) is 0. The van der Waals surface area contributed by atoms with Crippen LogP contribution in [0.5, 0.6) is 0 Å². The molecule has 150 heavy (non-hydrogen) atoms. The molecule has 704 valence electrons. The SMILES string of the molecule is CC1(C)c2cc(N(c3ccccc3)c3ccc4c(c3)c3ccccc3n4-c3ccccc3)ccc2-c2c1cc1ccc3c(N(c4ccccc4)c4ccc5c(c4)c4ccccc4n5-c4ccccc4)ccc4ccc2c1c43.CC1(C)c2ccccc2-c2c1cc1ccc3c(-c4ccc5c(c4)sc4ccccc45)ccc4ccc2c1c43.CC1(C)c2ccccc2-c2c1cc1ccc3c(-c4cccc5ccccc45)ccc4ccc2c1c43. The topological polar surface area (TPSA) is 16.3 Å². The zero-order valence-electron chi connectivity index (χ0n) is 83.9. The van der Waals surface area contributed by atoms with Crippen molar-refractivity contribution in [2.75, 3.05) is 9.80 Å². The van der Waals surface area contributed by atoms with Gasteiger partial charge in [0, 0.05) is 103 Å². The van der Waals surface area contributed by atoms with Crippen LogP contribution in [0.15, 0.2) is 485 Å². The fourth-order valence-electron chi connectivity index (χ4n) is 27.3. The predicted molar refractivity (Wildman–Crippen MR) is 642 cm³/mol. The van der Waals surface area contributed by atoms with E-state index in [1.165, 1.54) is 261 Å². The van der Waals surface area contributed by atoms with Crippen LogP contribution >= 0.6 is 11.3 Å². The molecule has 3 aliphatic carbocycles. The van der Waals surface area contributed by atoms with Crippen LogP contribution in [-0.4, -0.2) is 9.13 Å². The van der Waals surface area contributed by atoms with Gasteiger partial charge in [0.15, 0.2) is 0 Å². The Morgan fingerprint density at radius 2 is 0.533 bits per heavy atom. The molecule has 0 saturated carbocycles. The van der Waals surface area contributed by atoms with E-state index in [1.54, 1.807) is 0 Å². The molecule has 4 nitrogen and oxygen atoms in total. The molecule has 0 bridgehead atoms. The van der Waals surface area contributed by atoms with Crippen molar-refractivity contribution in [1.29, 1.82) is 0 Å². The minimum atomic E-state index is -0.266. The first-order valence-corrected chi connectivity index (χ1v) is 53.4. The Labute approximate surface area is 872 Å². The normalized spacial score (nSPS) is 13.6. The highest BCUT2D eigenvalue weighted by atomic mass is 32.1. The molecule has 3 aromatic heterocycles. The molecular formula is C145H98N4S. The second-order valence-corrected chi connectivity index (χ2v) is 44.2. The van der Waals surface area contributed by atoms with Gasteiger partial charge in [0.25, 0.3) is 0 Å². The minimum absolute atomic E-state index is 0.00119. The third-order valence-electron chi connectivity index (χ3n) is 34.2. The maximum atomic E-state index is 2.50. The molecule has 5 heteroatoms. The number of hydrogen-bond donors (Lipinski definition) is 0. The Kier molecular flexibility index (Phi) is 18.6. The number of hydrogen-bond acceptors (Lipinski definition) is 3. The maximum absolute atomic E-state index is 2.50. The Balaban J connectivity index is 0.000000115. The van der Waals surface area contributed by atoms with E-state index >= 15 is 0 Å². The molecule has 30 aromatic rings. The van der Waals surface area contributed by atoms with E-state index < -0.39 is 0 Å². The molecule has 0 unspecified atom stereocenters. The van der Waals surface area contributed by atoms with Crippen molar-refractivity contribution in [2.45, 2.75) is 57.8 Å². The first kappa shape index (κ1) is 86.1. The second-order valence-electron chi connectivity index (χ2n) is 43.1. The van der Waals surface area contributed by atoms with Gasteiger partial charge in [0.2, 0.25) is 0 Å². The third-order valence-corrected chi connectivity index (χ3v) is 35.3. The molecule has 0 spiro atoms. The molecule has 0 fully saturated rings. The van der Waals surface area contributed by atoms with Gasteiger partial charge in [-0.3, -0.25) is 0 Å². The average Bonchev–Trinajstić information content (AvgIpc) is 1.51. The lowest BCUT2D eigenvalue weighted by Crippen LogP contribution is -2.16. The molecule has 33 rings (SSSR count). The first-order valence-electron chi connectivity index (χ1n) is 52.6. The number of benzene rings is 27. The highest BCUT2D eigenvalue weighted by Gasteiger charge is 2.42. The van der Waals surface area contributed by atoms with Gasteiger partial charge < -0.3 is 18.9 Å². The first-order chi connectivity index (χ1) is 73.7. The van der Waals surface area contributed by atoms with Crippen LogP contribution in [0.4, 0.5) is 34.1 Å². The van der Waals surface area contributed by atoms with E-state index in [2.05, 4.69) is 546 Å². The smallest absolute Gasteiger partial charge is 0.0542 e. The quantitative estimate of drug-likeness (QED) is 0.127. The van der Waals surface area contributed by atoms with E-state index in [0.29, 0.717) is 0 Å². The standard InChI is InChI=1S/C73H50N4.C37H24S.C35H24/c1-73(2)63-46-55(74(49-19-7-3-8-20-49)53-35-41-68-61(44-53)56-27-15-17-29-65(56)76(68)51-23-11-5-12-24-51)34-39-58(63)72-60-38-31-47-33-40-67(59-37-32-48(43-64(72)73)71(60)70(47)59)75(50-21-9-4-10-22-50)54-36-42-69-62(45-54)57-28-16-18-30-66(57)77(69)52-25-13-6-14-26-52;1-37(2)30-9-5-3-8-28(30)36-29-18-12-21-11-15-24(27-17-14-23(19-31(36)37)35(29)34(21)27)22-13-16-26-25-7-4-6-10-32(25)38-33(26)20-22;1-35(2)30-13-6-5-11-28(30)34-29-19-15-22-14-17-26(25-12-7-9-21-8-3-4-10-24(21)25)27-18-16-23(20-31(34)35)33(29)32(22)27/h3-46H,1-2H3;3-20H,1-2H3;3-20H,1-2H3. The van der Waals surface area contributed by atoms with Gasteiger partial charge in [0.05, 0.1) is 27.8 Å². The van der Waals surface area contributed by atoms with Gasteiger partial charge in [-0.05, 0) is 337 Å². The number of nitrogens with zero attached hydrogens (tertiary/aromatic N) is 4. The van der Waals surface area contributed by atoms with Crippen LogP contribution < -0.4 is 9.80 Å². The van der Waals surface area contributed by atoms with E-state index in [4.69, 9.17) is 0 Å². The van der Waals surface area contributed by atoms with Crippen LogP contribution in [0.1, 0.15) is 74.9 Å². The van der Waals surface area contributed by atoms with Crippen LogP contribution in [0, 0.1) is 0 Å². The van der Waals surface area contributed by atoms with Crippen molar-refractivity contribution in [3.63, 3.8) is 0 Å². The lowest BCUT2D eigenvalue weighted by atomic mass is 9.80. The molecule has 0 saturated heterocycles. The summed E-state index contributed by atoms with van der Waals surface area (Å²) in [4.78, 5) is 4.90. The van der Waals surface area contributed by atoms with Crippen molar-refractivity contribution in [3.8, 4) is 67.0 Å². The Hall–Kier alpha value is -18.3. The summed E-state index contributed by atoms with van der Waals surface area (Å²) in [6.45, 7) is 14.3. The molecule has 0 amide bonds. The predicted octanol–water partition coefficient (Wildman–Crippen LogP) is 40.7. The van der Waals surface area contributed by atoms with Crippen molar-refractivity contribution in [2.24, 2.45) is 0 Å². The van der Waals surface area contributed by atoms with Crippen molar-refractivity contribution in [3.05, 3.63) is 519 Å². The Morgan fingerprint density at radius 1 is 0.180 bits per heavy atom. The van der Waals surface area contributed by atoms with Crippen molar-refractivity contribution >= 4 is 217 Å². The number of anilines is 6. The molecule has 3 heterocycles.